The van der Waals surface area contributed by atoms with Crippen LogP contribution in [0.5, 0.6) is 5.75 Å². The Labute approximate surface area is 131 Å². The zero-order valence-corrected chi connectivity index (χ0v) is 14.2. The van der Waals surface area contributed by atoms with Gasteiger partial charge in [-0.1, -0.05) is 6.07 Å². The molecule has 7 heteroatoms. The van der Waals surface area contributed by atoms with Crippen molar-refractivity contribution in [3.8, 4) is 5.75 Å². The molecule has 0 atom stereocenters. The molecule has 0 aromatic heterocycles. The van der Waals surface area contributed by atoms with Crippen molar-refractivity contribution in [2.45, 2.75) is 13.8 Å². The van der Waals surface area contributed by atoms with Gasteiger partial charge in [-0.05, 0) is 31.0 Å². The largest absolute Gasteiger partial charge is 0.496 e. The summed E-state index contributed by atoms with van der Waals surface area (Å²) in [6.45, 7) is 5.29. The molecular formula is C15H22N2O4S. The smallest absolute Gasteiger partial charge is 0.257 e. The van der Waals surface area contributed by atoms with Crippen molar-refractivity contribution >= 4 is 15.9 Å². The molecule has 1 saturated heterocycles. The van der Waals surface area contributed by atoms with Gasteiger partial charge >= 0.3 is 0 Å². The van der Waals surface area contributed by atoms with Crippen LogP contribution in [0.4, 0.5) is 0 Å². The molecular weight excluding hydrogens is 304 g/mol. The van der Waals surface area contributed by atoms with E-state index in [9.17, 15) is 13.2 Å². The van der Waals surface area contributed by atoms with E-state index in [1.54, 1.807) is 12.0 Å². The fourth-order valence-corrected chi connectivity index (χ4v) is 3.60. The third-order valence-electron chi connectivity index (χ3n) is 3.85. The molecule has 1 aliphatic heterocycles. The number of piperazine rings is 1. The van der Waals surface area contributed by atoms with Gasteiger partial charge in [0.05, 0.1) is 18.9 Å². The number of methoxy groups -OCH3 is 1. The minimum atomic E-state index is -3.20. The number of rotatable bonds is 3. The summed E-state index contributed by atoms with van der Waals surface area (Å²) >= 11 is 0. The average Bonchev–Trinajstić information content (AvgIpc) is 2.45. The minimum absolute atomic E-state index is 0.114. The SMILES string of the molecule is COc1c(C)cc(C)cc1C(=O)N1CCN(S(C)(=O)=O)CC1. The van der Waals surface area contributed by atoms with Crippen LogP contribution in [0.1, 0.15) is 21.5 Å². The Morgan fingerprint density at radius 2 is 1.73 bits per heavy atom. The summed E-state index contributed by atoms with van der Waals surface area (Å²) in [5.41, 5.74) is 2.45. The number of carbonyl (C=O) groups excluding carboxylic acids is 1. The van der Waals surface area contributed by atoms with Gasteiger partial charge in [0.15, 0.2) is 0 Å². The fraction of sp³-hybridized carbons (Fsp3) is 0.533. The second-order valence-corrected chi connectivity index (χ2v) is 7.60. The minimum Gasteiger partial charge on any atom is -0.496 e. The molecule has 1 aliphatic rings. The first kappa shape index (κ1) is 16.8. The van der Waals surface area contributed by atoms with E-state index in [0.717, 1.165) is 11.1 Å². The standard InChI is InChI=1S/C15H22N2O4S/c1-11-9-12(2)14(21-3)13(10-11)15(18)16-5-7-17(8-6-16)22(4,19)20/h9-10H,5-8H2,1-4H3. The first-order chi connectivity index (χ1) is 10.2. The van der Waals surface area contributed by atoms with E-state index in [4.69, 9.17) is 4.74 Å². The zero-order valence-electron chi connectivity index (χ0n) is 13.4. The van der Waals surface area contributed by atoms with E-state index >= 15 is 0 Å². The number of nitrogens with zero attached hydrogens (tertiary/aromatic N) is 2. The lowest BCUT2D eigenvalue weighted by Gasteiger charge is -2.33. The second kappa shape index (κ2) is 6.26. The first-order valence-corrected chi connectivity index (χ1v) is 8.98. The van der Waals surface area contributed by atoms with Gasteiger partial charge in [0.25, 0.3) is 5.91 Å². The van der Waals surface area contributed by atoms with Crippen LogP contribution in [0.25, 0.3) is 0 Å². The summed E-state index contributed by atoms with van der Waals surface area (Å²) in [5.74, 6) is 0.470. The van der Waals surface area contributed by atoms with E-state index < -0.39 is 10.0 Å². The number of carbonyl (C=O) groups is 1. The number of amides is 1. The number of sulfonamides is 1. The Kier molecular flexibility index (Phi) is 4.77. The first-order valence-electron chi connectivity index (χ1n) is 7.13. The number of hydrogen-bond donors (Lipinski definition) is 0. The molecule has 0 N–H and O–H groups in total. The summed E-state index contributed by atoms with van der Waals surface area (Å²) in [6.07, 6.45) is 1.19. The highest BCUT2D eigenvalue weighted by atomic mass is 32.2. The number of ether oxygens (including phenoxy) is 1. The third kappa shape index (κ3) is 3.41. The molecule has 0 aliphatic carbocycles. The predicted molar refractivity (Wildman–Crippen MR) is 84.8 cm³/mol. The highest BCUT2D eigenvalue weighted by molar-refractivity contribution is 7.88. The van der Waals surface area contributed by atoms with Gasteiger partial charge in [-0.3, -0.25) is 4.79 Å². The average molecular weight is 326 g/mol. The molecule has 6 nitrogen and oxygen atoms in total. The quantitative estimate of drug-likeness (QED) is 0.832. The molecule has 1 fully saturated rings. The van der Waals surface area contributed by atoms with Crippen LogP contribution < -0.4 is 4.74 Å². The number of benzene rings is 1. The van der Waals surface area contributed by atoms with Gasteiger partial charge in [0, 0.05) is 26.2 Å². The highest BCUT2D eigenvalue weighted by Gasteiger charge is 2.28. The molecule has 1 heterocycles. The Balaban J connectivity index is 2.20. The molecule has 1 aromatic carbocycles. The Morgan fingerprint density at radius 3 is 2.23 bits per heavy atom. The molecule has 0 bridgehead atoms. The van der Waals surface area contributed by atoms with Crippen molar-refractivity contribution in [3.63, 3.8) is 0 Å². The normalized spacial score (nSPS) is 16.6. The number of hydrogen-bond acceptors (Lipinski definition) is 4. The van der Waals surface area contributed by atoms with E-state index in [1.165, 1.54) is 10.6 Å². The van der Waals surface area contributed by atoms with Gasteiger partial charge in [0.2, 0.25) is 10.0 Å². The molecule has 2 rings (SSSR count). The fourth-order valence-electron chi connectivity index (χ4n) is 2.78. The summed E-state index contributed by atoms with van der Waals surface area (Å²) in [4.78, 5) is 14.4. The predicted octanol–water partition coefficient (Wildman–Crippen LogP) is 1.03. The van der Waals surface area contributed by atoms with E-state index in [2.05, 4.69) is 0 Å². The molecule has 22 heavy (non-hydrogen) atoms. The van der Waals surface area contributed by atoms with Crippen molar-refractivity contribution in [3.05, 3.63) is 28.8 Å². The lowest BCUT2D eigenvalue weighted by Crippen LogP contribution is -2.50. The molecule has 0 unspecified atom stereocenters. The summed E-state index contributed by atoms with van der Waals surface area (Å²) in [7, 11) is -1.64. The highest BCUT2D eigenvalue weighted by Crippen LogP contribution is 2.26. The Hall–Kier alpha value is -1.60. The van der Waals surface area contributed by atoms with Crippen molar-refractivity contribution in [2.75, 3.05) is 39.5 Å². The van der Waals surface area contributed by atoms with Crippen LogP contribution in [-0.2, 0) is 10.0 Å². The molecule has 122 valence electrons. The summed E-state index contributed by atoms with van der Waals surface area (Å²) < 4.78 is 29.8. The Morgan fingerprint density at radius 1 is 1.14 bits per heavy atom. The Bertz CT molecular complexity index is 677. The van der Waals surface area contributed by atoms with Crippen LogP contribution in [0.2, 0.25) is 0 Å². The van der Waals surface area contributed by atoms with E-state index in [-0.39, 0.29) is 5.91 Å². The van der Waals surface area contributed by atoms with Crippen LogP contribution in [-0.4, -0.2) is 63.1 Å². The van der Waals surface area contributed by atoms with Crippen LogP contribution >= 0.6 is 0 Å². The zero-order chi connectivity index (χ0) is 16.5. The van der Waals surface area contributed by atoms with Crippen LogP contribution in [0.3, 0.4) is 0 Å². The van der Waals surface area contributed by atoms with Crippen molar-refractivity contribution < 1.29 is 17.9 Å². The van der Waals surface area contributed by atoms with E-state index in [0.29, 0.717) is 37.5 Å². The van der Waals surface area contributed by atoms with Crippen molar-refractivity contribution in [2.24, 2.45) is 0 Å². The van der Waals surface area contributed by atoms with Gasteiger partial charge in [-0.25, -0.2) is 8.42 Å². The molecule has 1 amide bonds. The molecule has 0 radical (unpaired) electrons. The number of aryl methyl sites for hydroxylation is 2. The molecule has 1 aromatic rings. The second-order valence-electron chi connectivity index (χ2n) is 5.62. The molecule has 0 saturated carbocycles. The summed E-state index contributed by atoms with van der Waals surface area (Å²) in [5, 5.41) is 0. The monoisotopic (exact) mass is 326 g/mol. The maximum atomic E-state index is 12.7. The maximum absolute atomic E-state index is 12.7. The summed E-state index contributed by atoms with van der Waals surface area (Å²) in [6, 6.07) is 3.79. The van der Waals surface area contributed by atoms with E-state index in [1.807, 2.05) is 26.0 Å². The van der Waals surface area contributed by atoms with Gasteiger partial charge in [-0.2, -0.15) is 4.31 Å². The molecule has 0 spiro atoms. The van der Waals surface area contributed by atoms with Crippen molar-refractivity contribution in [1.29, 1.82) is 0 Å². The van der Waals surface area contributed by atoms with Gasteiger partial charge in [0.1, 0.15) is 5.75 Å². The topological polar surface area (TPSA) is 66.9 Å². The van der Waals surface area contributed by atoms with Crippen LogP contribution in [0, 0.1) is 13.8 Å². The maximum Gasteiger partial charge on any atom is 0.257 e. The van der Waals surface area contributed by atoms with Crippen molar-refractivity contribution in [1.82, 2.24) is 9.21 Å². The lowest BCUT2D eigenvalue weighted by atomic mass is 10.0. The van der Waals surface area contributed by atoms with Gasteiger partial charge in [-0.15, -0.1) is 0 Å². The third-order valence-corrected chi connectivity index (χ3v) is 5.15. The van der Waals surface area contributed by atoms with Gasteiger partial charge < -0.3 is 9.64 Å². The lowest BCUT2D eigenvalue weighted by molar-refractivity contribution is 0.0694. The van der Waals surface area contributed by atoms with Crippen LogP contribution in [0.15, 0.2) is 12.1 Å².